The standard InChI is InChI=1S/C15H23NO7/c17-8-10(18)11(19)12(20)13(21)14(22)15(23)16-7-6-9-4-2-1-3-5-9/h1-5,10-14,17-22H,6-8H2,(H,16,23)/t10-,11+,12-,13-,14-/m1/s1. The van der Waals surface area contributed by atoms with Crippen molar-refractivity contribution in [3.63, 3.8) is 0 Å². The zero-order valence-electron chi connectivity index (χ0n) is 12.5. The van der Waals surface area contributed by atoms with Gasteiger partial charge in [-0.1, -0.05) is 30.3 Å². The molecule has 0 saturated heterocycles. The number of aliphatic hydroxyl groups is 6. The van der Waals surface area contributed by atoms with Gasteiger partial charge in [-0.3, -0.25) is 4.79 Å². The first-order valence-electron chi connectivity index (χ1n) is 7.21. The van der Waals surface area contributed by atoms with E-state index in [0.717, 1.165) is 5.56 Å². The van der Waals surface area contributed by atoms with E-state index < -0.39 is 43.0 Å². The van der Waals surface area contributed by atoms with E-state index in [2.05, 4.69) is 5.32 Å². The van der Waals surface area contributed by atoms with Gasteiger partial charge >= 0.3 is 0 Å². The van der Waals surface area contributed by atoms with Gasteiger partial charge in [0.1, 0.15) is 24.4 Å². The molecule has 130 valence electrons. The molecule has 0 aromatic heterocycles. The van der Waals surface area contributed by atoms with E-state index >= 15 is 0 Å². The second-order valence-electron chi connectivity index (χ2n) is 5.19. The minimum absolute atomic E-state index is 0.213. The zero-order chi connectivity index (χ0) is 17.4. The van der Waals surface area contributed by atoms with Crippen LogP contribution in [0.25, 0.3) is 0 Å². The summed E-state index contributed by atoms with van der Waals surface area (Å²) in [4.78, 5) is 11.7. The van der Waals surface area contributed by atoms with Crippen LogP contribution in [0.15, 0.2) is 30.3 Å². The van der Waals surface area contributed by atoms with Gasteiger partial charge in [0.05, 0.1) is 6.61 Å². The molecule has 0 spiro atoms. The molecule has 0 saturated carbocycles. The quantitative estimate of drug-likeness (QED) is 0.257. The Morgan fingerprint density at radius 1 is 0.957 bits per heavy atom. The normalized spacial score (nSPS) is 17.8. The summed E-state index contributed by atoms with van der Waals surface area (Å²) in [7, 11) is 0. The van der Waals surface area contributed by atoms with Gasteiger partial charge in [-0.15, -0.1) is 0 Å². The van der Waals surface area contributed by atoms with Crippen molar-refractivity contribution in [1.29, 1.82) is 0 Å². The van der Waals surface area contributed by atoms with Gasteiger partial charge < -0.3 is 36.0 Å². The van der Waals surface area contributed by atoms with Crippen molar-refractivity contribution in [2.24, 2.45) is 0 Å². The molecule has 0 aliphatic carbocycles. The summed E-state index contributed by atoms with van der Waals surface area (Å²) in [5.41, 5.74) is 0.976. The highest BCUT2D eigenvalue weighted by atomic mass is 16.4. The van der Waals surface area contributed by atoms with Crippen molar-refractivity contribution < 1.29 is 35.4 Å². The minimum atomic E-state index is -2.01. The number of amides is 1. The average Bonchev–Trinajstić information content (AvgIpc) is 2.59. The van der Waals surface area contributed by atoms with Crippen molar-refractivity contribution in [2.75, 3.05) is 13.2 Å². The lowest BCUT2D eigenvalue weighted by molar-refractivity contribution is -0.156. The highest BCUT2D eigenvalue weighted by Crippen LogP contribution is 2.09. The molecule has 0 fully saturated rings. The third-order valence-electron chi connectivity index (χ3n) is 3.43. The molecule has 0 heterocycles. The molecule has 0 aliphatic rings. The fourth-order valence-electron chi connectivity index (χ4n) is 1.96. The molecular weight excluding hydrogens is 306 g/mol. The molecule has 7 N–H and O–H groups in total. The Hall–Kier alpha value is -1.55. The smallest absolute Gasteiger partial charge is 0.251 e. The maximum Gasteiger partial charge on any atom is 0.251 e. The second kappa shape index (κ2) is 9.56. The predicted octanol–water partition coefficient (Wildman–Crippen LogP) is -2.86. The lowest BCUT2D eigenvalue weighted by Gasteiger charge is -2.27. The van der Waals surface area contributed by atoms with E-state index in [9.17, 15) is 30.3 Å². The van der Waals surface area contributed by atoms with Crippen molar-refractivity contribution in [3.8, 4) is 0 Å². The first kappa shape index (κ1) is 19.5. The summed E-state index contributed by atoms with van der Waals surface area (Å²) in [6.07, 6.45) is -9.07. The number of carbonyl (C=O) groups is 1. The summed E-state index contributed by atoms with van der Waals surface area (Å²) in [6.45, 7) is -0.630. The van der Waals surface area contributed by atoms with Gasteiger partial charge in [0.15, 0.2) is 6.10 Å². The van der Waals surface area contributed by atoms with E-state index in [-0.39, 0.29) is 6.54 Å². The summed E-state index contributed by atoms with van der Waals surface area (Å²) in [6, 6.07) is 9.29. The third kappa shape index (κ3) is 5.87. The number of carbonyl (C=O) groups excluding carboxylic acids is 1. The molecule has 1 aromatic carbocycles. The van der Waals surface area contributed by atoms with Gasteiger partial charge in [0.25, 0.3) is 5.91 Å². The molecule has 23 heavy (non-hydrogen) atoms. The molecule has 1 amide bonds. The maximum atomic E-state index is 11.7. The number of aliphatic hydroxyl groups excluding tert-OH is 6. The third-order valence-corrected chi connectivity index (χ3v) is 3.43. The van der Waals surface area contributed by atoms with Crippen molar-refractivity contribution >= 4 is 5.91 Å². The van der Waals surface area contributed by atoms with Gasteiger partial charge in [0, 0.05) is 6.54 Å². The Kier molecular flexibility index (Phi) is 8.10. The molecule has 5 atom stereocenters. The second-order valence-corrected chi connectivity index (χ2v) is 5.19. The maximum absolute atomic E-state index is 11.7. The molecule has 1 rings (SSSR count). The first-order valence-corrected chi connectivity index (χ1v) is 7.21. The fourth-order valence-corrected chi connectivity index (χ4v) is 1.96. The molecule has 1 aromatic rings. The largest absolute Gasteiger partial charge is 0.394 e. The SMILES string of the molecule is O=C(NCCc1ccccc1)[C@H](O)[C@H](O)[C@H](O)[C@@H](O)[C@H](O)CO. The number of nitrogens with one attached hydrogen (secondary N) is 1. The molecule has 0 unspecified atom stereocenters. The van der Waals surface area contributed by atoms with E-state index in [0.29, 0.717) is 6.42 Å². The summed E-state index contributed by atoms with van der Waals surface area (Å²) in [5.74, 6) is -0.918. The minimum Gasteiger partial charge on any atom is -0.394 e. The van der Waals surface area contributed by atoms with Gasteiger partial charge in [-0.2, -0.15) is 0 Å². The van der Waals surface area contributed by atoms with Crippen LogP contribution in [0.5, 0.6) is 0 Å². The Morgan fingerprint density at radius 2 is 1.57 bits per heavy atom. The van der Waals surface area contributed by atoms with Crippen LogP contribution in [0.2, 0.25) is 0 Å². The average molecular weight is 329 g/mol. The summed E-state index contributed by atoms with van der Waals surface area (Å²) < 4.78 is 0. The Balaban J connectivity index is 2.45. The monoisotopic (exact) mass is 329 g/mol. The topological polar surface area (TPSA) is 150 Å². The molecule has 0 bridgehead atoms. The van der Waals surface area contributed by atoms with Crippen LogP contribution in [0, 0.1) is 0 Å². The number of rotatable bonds is 9. The molecule has 0 aliphatic heterocycles. The van der Waals surface area contributed by atoms with Gasteiger partial charge in [-0.05, 0) is 12.0 Å². The molecule has 8 heteroatoms. The molecular formula is C15H23NO7. The van der Waals surface area contributed by atoms with Crippen LogP contribution in [-0.2, 0) is 11.2 Å². The van der Waals surface area contributed by atoms with Crippen LogP contribution >= 0.6 is 0 Å². The molecule has 0 radical (unpaired) electrons. The first-order chi connectivity index (χ1) is 10.9. The van der Waals surface area contributed by atoms with Crippen LogP contribution in [0.3, 0.4) is 0 Å². The van der Waals surface area contributed by atoms with E-state index in [1.54, 1.807) is 0 Å². The van der Waals surface area contributed by atoms with Crippen LogP contribution in [0.1, 0.15) is 5.56 Å². The highest BCUT2D eigenvalue weighted by molar-refractivity contribution is 5.81. The van der Waals surface area contributed by atoms with Crippen LogP contribution in [0.4, 0.5) is 0 Å². The Labute approximate surface area is 133 Å². The van der Waals surface area contributed by atoms with E-state index in [1.807, 2.05) is 30.3 Å². The van der Waals surface area contributed by atoms with E-state index in [1.165, 1.54) is 0 Å². The lowest BCUT2D eigenvalue weighted by Crippen LogP contribution is -2.54. The Bertz CT molecular complexity index is 470. The molecule has 8 nitrogen and oxygen atoms in total. The summed E-state index contributed by atoms with van der Waals surface area (Å²) >= 11 is 0. The van der Waals surface area contributed by atoms with Gasteiger partial charge in [-0.25, -0.2) is 0 Å². The predicted molar refractivity (Wildman–Crippen MR) is 80.3 cm³/mol. The van der Waals surface area contributed by atoms with Crippen molar-refractivity contribution in [3.05, 3.63) is 35.9 Å². The number of benzene rings is 1. The van der Waals surface area contributed by atoms with Crippen molar-refractivity contribution in [2.45, 2.75) is 36.9 Å². The lowest BCUT2D eigenvalue weighted by atomic mass is 9.99. The summed E-state index contributed by atoms with van der Waals surface area (Å²) in [5, 5.41) is 58.6. The highest BCUT2D eigenvalue weighted by Gasteiger charge is 2.36. The van der Waals surface area contributed by atoms with Crippen molar-refractivity contribution in [1.82, 2.24) is 5.32 Å². The van der Waals surface area contributed by atoms with Crippen LogP contribution in [-0.4, -0.2) is 80.2 Å². The van der Waals surface area contributed by atoms with Gasteiger partial charge in [0.2, 0.25) is 0 Å². The zero-order valence-corrected chi connectivity index (χ0v) is 12.5. The number of hydrogen-bond acceptors (Lipinski definition) is 7. The van der Waals surface area contributed by atoms with Crippen LogP contribution < -0.4 is 5.32 Å². The fraction of sp³-hybridized carbons (Fsp3) is 0.533. The Morgan fingerprint density at radius 3 is 2.13 bits per heavy atom. The number of hydrogen-bond donors (Lipinski definition) is 7. The van der Waals surface area contributed by atoms with E-state index in [4.69, 9.17) is 5.11 Å².